The number of likely N-dealkylation sites (N-methyl/N-ethyl adjacent to an activating group) is 1. The highest BCUT2D eigenvalue weighted by Gasteiger charge is 2.34. The van der Waals surface area contributed by atoms with E-state index in [1.165, 1.54) is 47.3 Å². The fraction of sp³-hybridized carbons (Fsp3) is 0.778. The van der Waals surface area contributed by atoms with Crippen LogP contribution in [0.2, 0.25) is 0 Å². The number of carbonyl (C=O) groups is 2. The minimum atomic E-state index is -3.08. The molecule has 0 spiro atoms. The molecule has 30 heavy (non-hydrogen) atoms. The maximum absolute atomic E-state index is 12.4. The van der Waals surface area contributed by atoms with Crippen molar-refractivity contribution in [1.82, 2.24) is 15.1 Å². The zero-order valence-electron chi connectivity index (χ0n) is 17.0. The molecule has 9 nitrogen and oxygen atoms in total. The highest BCUT2D eigenvalue weighted by molar-refractivity contribution is 8.01. The second kappa shape index (κ2) is 10.8. The van der Waals surface area contributed by atoms with Gasteiger partial charge in [-0.15, -0.1) is 10.2 Å². The van der Waals surface area contributed by atoms with Crippen LogP contribution >= 0.6 is 23.1 Å². The minimum absolute atomic E-state index is 0.0232. The molecular formula is C18H28N4O5S3. The highest BCUT2D eigenvalue weighted by atomic mass is 32.2. The fourth-order valence-electron chi connectivity index (χ4n) is 3.79. The number of nitrogens with zero attached hydrogens (tertiary/aromatic N) is 3. The lowest BCUT2D eigenvalue weighted by molar-refractivity contribution is -0.150. The van der Waals surface area contributed by atoms with E-state index in [9.17, 15) is 18.0 Å². The maximum Gasteiger partial charge on any atom is 0.316 e. The summed E-state index contributed by atoms with van der Waals surface area (Å²) >= 11 is 2.64. The molecule has 1 amide bonds. The Hall–Kier alpha value is -1.40. The fourth-order valence-corrected chi connectivity index (χ4v) is 7.15. The summed E-state index contributed by atoms with van der Waals surface area (Å²) in [6.45, 7) is 1.79. The molecule has 1 atom stereocenters. The largest absolute Gasteiger partial charge is 0.455 e. The number of sulfone groups is 1. The number of thioether (sulfide) groups is 1. The molecule has 0 radical (unpaired) electrons. The number of hydrogen-bond donors (Lipinski definition) is 1. The Morgan fingerprint density at radius 2 is 2.00 bits per heavy atom. The average molecular weight is 477 g/mol. The van der Waals surface area contributed by atoms with Gasteiger partial charge in [0, 0.05) is 18.6 Å². The summed E-state index contributed by atoms with van der Waals surface area (Å²) in [5, 5.41) is 12.4. The molecule has 3 rings (SSSR count). The molecule has 0 aromatic carbocycles. The van der Waals surface area contributed by atoms with Gasteiger partial charge < -0.3 is 15.0 Å². The summed E-state index contributed by atoms with van der Waals surface area (Å²) in [6.07, 6.45) is 6.47. The highest BCUT2D eigenvalue weighted by Crippen LogP contribution is 2.28. The molecule has 1 saturated heterocycles. The van der Waals surface area contributed by atoms with Crippen LogP contribution < -0.4 is 5.32 Å². The number of esters is 1. The molecule has 1 aromatic heterocycles. The SMILES string of the molecule is CCN(C(=O)COC(=O)CSc1nnc(NC2CCCCC2)s1)[C@@H]1CCS(=O)(=O)C1. The van der Waals surface area contributed by atoms with Gasteiger partial charge in [0.05, 0.1) is 17.3 Å². The third-order valence-corrected chi connectivity index (χ3v) is 9.03. The van der Waals surface area contributed by atoms with Crippen LogP contribution in [0.4, 0.5) is 5.13 Å². The van der Waals surface area contributed by atoms with Crippen molar-refractivity contribution in [2.45, 2.75) is 61.9 Å². The predicted molar refractivity (Wildman–Crippen MR) is 117 cm³/mol. The van der Waals surface area contributed by atoms with Crippen LogP contribution in [-0.4, -0.2) is 77.9 Å². The van der Waals surface area contributed by atoms with Crippen LogP contribution in [0.25, 0.3) is 0 Å². The quantitative estimate of drug-likeness (QED) is 0.421. The van der Waals surface area contributed by atoms with Crippen molar-refractivity contribution in [2.75, 3.05) is 35.7 Å². The average Bonchev–Trinajstić information content (AvgIpc) is 3.32. The number of anilines is 1. The van der Waals surface area contributed by atoms with E-state index in [0.717, 1.165) is 18.0 Å². The van der Waals surface area contributed by atoms with E-state index < -0.39 is 15.8 Å². The lowest BCUT2D eigenvalue weighted by Crippen LogP contribution is -2.43. The molecule has 2 heterocycles. The van der Waals surface area contributed by atoms with E-state index >= 15 is 0 Å². The van der Waals surface area contributed by atoms with Crippen LogP contribution in [0.1, 0.15) is 45.4 Å². The number of ether oxygens (including phenoxy) is 1. The molecule has 1 saturated carbocycles. The Labute approximate surface area is 185 Å². The Balaban J connectivity index is 1.38. The summed E-state index contributed by atoms with van der Waals surface area (Å²) in [6, 6.07) is 0.106. The van der Waals surface area contributed by atoms with Crippen LogP contribution in [0.15, 0.2) is 4.34 Å². The Morgan fingerprint density at radius 1 is 1.23 bits per heavy atom. The van der Waals surface area contributed by atoms with Gasteiger partial charge in [0.15, 0.2) is 20.8 Å². The topological polar surface area (TPSA) is 119 Å². The zero-order valence-corrected chi connectivity index (χ0v) is 19.5. The van der Waals surface area contributed by atoms with Crippen molar-refractivity contribution in [3.8, 4) is 0 Å². The standard InChI is InChI=1S/C18H28N4O5S3/c1-2-22(14-8-9-30(25,26)12-14)15(23)10-27-16(24)11-28-18-21-20-17(29-18)19-13-6-4-3-5-7-13/h13-14H,2-12H2,1H3,(H,19,20)/t14-/m1/s1. The maximum atomic E-state index is 12.4. The molecule has 0 unspecified atom stereocenters. The third kappa shape index (κ3) is 6.81. The van der Waals surface area contributed by atoms with Crippen LogP contribution in [0, 0.1) is 0 Å². The minimum Gasteiger partial charge on any atom is -0.455 e. The molecule has 1 aromatic rings. The van der Waals surface area contributed by atoms with Gasteiger partial charge >= 0.3 is 5.97 Å². The lowest BCUT2D eigenvalue weighted by atomic mass is 9.96. The lowest BCUT2D eigenvalue weighted by Gasteiger charge is -2.26. The number of hydrogen-bond acceptors (Lipinski definition) is 10. The molecule has 1 aliphatic carbocycles. The molecule has 0 bridgehead atoms. The smallest absolute Gasteiger partial charge is 0.316 e. The molecule has 168 valence electrons. The number of nitrogens with one attached hydrogen (secondary N) is 1. The van der Waals surface area contributed by atoms with E-state index in [4.69, 9.17) is 4.74 Å². The van der Waals surface area contributed by atoms with Crippen molar-refractivity contribution < 1.29 is 22.7 Å². The summed E-state index contributed by atoms with van der Waals surface area (Å²) in [5.41, 5.74) is 0. The van der Waals surface area contributed by atoms with Crippen molar-refractivity contribution in [1.29, 1.82) is 0 Å². The number of carbonyl (C=O) groups excluding carboxylic acids is 2. The first-order valence-electron chi connectivity index (χ1n) is 10.2. The molecule has 12 heteroatoms. The second-order valence-corrected chi connectivity index (χ2v) is 12.0. The van der Waals surface area contributed by atoms with Gasteiger partial charge in [0.25, 0.3) is 5.91 Å². The summed E-state index contributed by atoms with van der Waals surface area (Å²) in [7, 11) is -3.08. The first-order valence-corrected chi connectivity index (χ1v) is 13.9. The van der Waals surface area contributed by atoms with Gasteiger partial charge in [-0.2, -0.15) is 0 Å². The molecular weight excluding hydrogens is 448 g/mol. The van der Waals surface area contributed by atoms with E-state index in [2.05, 4.69) is 15.5 Å². The van der Waals surface area contributed by atoms with Gasteiger partial charge in [-0.25, -0.2) is 8.42 Å². The van der Waals surface area contributed by atoms with E-state index in [0.29, 0.717) is 23.3 Å². The predicted octanol–water partition coefficient (Wildman–Crippen LogP) is 1.95. The van der Waals surface area contributed by atoms with Crippen LogP contribution in [-0.2, 0) is 24.2 Å². The summed E-state index contributed by atoms with van der Waals surface area (Å²) < 4.78 is 29.0. The van der Waals surface area contributed by atoms with E-state index in [1.807, 2.05) is 0 Å². The van der Waals surface area contributed by atoms with Gasteiger partial charge in [0.2, 0.25) is 5.13 Å². The Morgan fingerprint density at radius 3 is 2.67 bits per heavy atom. The normalized spacial score (nSPS) is 21.3. The molecule has 1 aliphatic heterocycles. The molecule has 2 fully saturated rings. The zero-order chi connectivity index (χ0) is 21.6. The monoisotopic (exact) mass is 476 g/mol. The number of aromatic nitrogens is 2. The number of rotatable bonds is 9. The van der Waals surface area contributed by atoms with Crippen molar-refractivity contribution in [2.24, 2.45) is 0 Å². The first-order chi connectivity index (χ1) is 14.4. The van der Waals surface area contributed by atoms with Crippen molar-refractivity contribution in [3.05, 3.63) is 0 Å². The second-order valence-electron chi connectivity index (χ2n) is 7.54. The summed E-state index contributed by atoms with van der Waals surface area (Å²) in [4.78, 5) is 25.9. The van der Waals surface area contributed by atoms with Gasteiger partial charge in [0.1, 0.15) is 0 Å². The van der Waals surface area contributed by atoms with Gasteiger partial charge in [-0.1, -0.05) is 42.4 Å². The Kier molecular flexibility index (Phi) is 8.35. The van der Waals surface area contributed by atoms with Gasteiger partial charge in [-0.3, -0.25) is 9.59 Å². The van der Waals surface area contributed by atoms with E-state index in [-0.39, 0.29) is 35.8 Å². The molecule has 2 aliphatic rings. The Bertz CT molecular complexity index is 839. The third-order valence-electron chi connectivity index (χ3n) is 5.32. The van der Waals surface area contributed by atoms with Crippen molar-refractivity contribution in [3.63, 3.8) is 0 Å². The van der Waals surface area contributed by atoms with Gasteiger partial charge in [-0.05, 0) is 26.2 Å². The van der Waals surface area contributed by atoms with Crippen LogP contribution in [0.3, 0.4) is 0 Å². The van der Waals surface area contributed by atoms with Crippen LogP contribution in [0.5, 0.6) is 0 Å². The van der Waals surface area contributed by atoms with Crippen molar-refractivity contribution >= 4 is 49.9 Å². The molecule has 1 N–H and O–H groups in total. The van der Waals surface area contributed by atoms with E-state index in [1.54, 1.807) is 6.92 Å². The first kappa shape index (κ1) is 23.3. The number of amides is 1. The summed E-state index contributed by atoms with van der Waals surface area (Å²) in [5.74, 6) is -0.773.